The number of amides is 1. The van der Waals surface area contributed by atoms with E-state index >= 15 is 0 Å². The summed E-state index contributed by atoms with van der Waals surface area (Å²) in [7, 11) is 3.45. The summed E-state index contributed by atoms with van der Waals surface area (Å²) in [6.45, 7) is 1.75. The van der Waals surface area contributed by atoms with Crippen LogP contribution in [0.2, 0.25) is 5.02 Å². The Balaban J connectivity index is 2.26. The number of aromatic nitrogens is 4. The molecule has 90 valence electrons. The maximum absolute atomic E-state index is 12.0. The van der Waals surface area contributed by atoms with Crippen molar-refractivity contribution in [2.24, 2.45) is 14.1 Å². The van der Waals surface area contributed by atoms with Crippen LogP contribution in [0.5, 0.6) is 0 Å². The lowest BCUT2D eigenvalue weighted by atomic mass is 10.3. The number of nitrogens with zero attached hydrogens (tertiary/aromatic N) is 4. The van der Waals surface area contributed by atoms with Gasteiger partial charge in [0.2, 0.25) is 0 Å². The second-order valence-electron chi connectivity index (χ2n) is 3.70. The SMILES string of the molecule is Cc1nn(C)c(C(=O)Nc2ccn(C)n2)c1Cl. The van der Waals surface area contributed by atoms with Gasteiger partial charge in [-0.1, -0.05) is 11.6 Å². The Kier molecular flexibility index (Phi) is 2.89. The van der Waals surface area contributed by atoms with Crippen LogP contribution >= 0.6 is 11.6 Å². The number of carbonyl (C=O) groups excluding carboxylic acids is 1. The van der Waals surface area contributed by atoms with E-state index in [-0.39, 0.29) is 5.91 Å². The van der Waals surface area contributed by atoms with Gasteiger partial charge in [-0.2, -0.15) is 10.2 Å². The third-order valence-electron chi connectivity index (χ3n) is 2.32. The number of rotatable bonds is 2. The van der Waals surface area contributed by atoms with Crippen molar-refractivity contribution < 1.29 is 4.79 Å². The van der Waals surface area contributed by atoms with Gasteiger partial charge in [0.15, 0.2) is 5.82 Å². The highest BCUT2D eigenvalue weighted by molar-refractivity contribution is 6.34. The van der Waals surface area contributed by atoms with Crippen LogP contribution in [-0.4, -0.2) is 25.5 Å². The van der Waals surface area contributed by atoms with E-state index in [1.165, 1.54) is 4.68 Å². The van der Waals surface area contributed by atoms with E-state index in [0.29, 0.717) is 22.2 Å². The minimum Gasteiger partial charge on any atom is -0.304 e. The molecule has 1 N–H and O–H groups in total. The van der Waals surface area contributed by atoms with Crippen molar-refractivity contribution in [1.29, 1.82) is 0 Å². The van der Waals surface area contributed by atoms with Crippen molar-refractivity contribution in [1.82, 2.24) is 19.6 Å². The molecule has 1 amide bonds. The van der Waals surface area contributed by atoms with Gasteiger partial charge in [-0.25, -0.2) is 0 Å². The Morgan fingerprint density at radius 1 is 1.41 bits per heavy atom. The van der Waals surface area contributed by atoms with Crippen LogP contribution in [0.3, 0.4) is 0 Å². The molecule has 0 atom stereocenters. The Morgan fingerprint density at radius 3 is 2.59 bits per heavy atom. The molecule has 6 nitrogen and oxygen atoms in total. The molecule has 0 bridgehead atoms. The first kappa shape index (κ1) is 11.7. The lowest BCUT2D eigenvalue weighted by Gasteiger charge is -2.02. The molecule has 0 spiro atoms. The van der Waals surface area contributed by atoms with Gasteiger partial charge >= 0.3 is 0 Å². The molecule has 0 aliphatic rings. The third-order valence-corrected chi connectivity index (χ3v) is 2.77. The maximum atomic E-state index is 12.0. The fourth-order valence-electron chi connectivity index (χ4n) is 1.54. The predicted molar refractivity (Wildman–Crippen MR) is 64.1 cm³/mol. The average Bonchev–Trinajstić information content (AvgIpc) is 2.73. The molecule has 2 aromatic heterocycles. The van der Waals surface area contributed by atoms with Gasteiger partial charge < -0.3 is 5.32 Å². The second kappa shape index (κ2) is 4.21. The molecule has 0 aromatic carbocycles. The highest BCUT2D eigenvalue weighted by atomic mass is 35.5. The van der Waals surface area contributed by atoms with Crippen LogP contribution in [-0.2, 0) is 14.1 Å². The zero-order chi connectivity index (χ0) is 12.6. The zero-order valence-corrected chi connectivity index (χ0v) is 10.5. The molecule has 17 heavy (non-hydrogen) atoms. The van der Waals surface area contributed by atoms with E-state index in [4.69, 9.17) is 11.6 Å². The summed E-state index contributed by atoms with van der Waals surface area (Å²) in [6.07, 6.45) is 1.74. The van der Waals surface area contributed by atoms with Crippen molar-refractivity contribution >= 4 is 23.3 Å². The van der Waals surface area contributed by atoms with E-state index in [1.54, 1.807) is 38.0 Å². The summed E-state index contributed by atoms with van der Waals surface area (Å²) >= 11 is 6.01. The fraction of sp³-hybridized carbons (Fsp3) is 0.300. The summed E-state index contributed by atoms with van der Waals surface area (Å²) < 4.78 is 3.06. The number of hydrogen-bond acceptors (Lipinski definition) is 3. The molecule has 2 aromatic rings. The molecule has 0 unspecified atom stereocenters. The van der Waals surface area contributed by atoms with Crippen molar-refractivity contribution in [3.8, 4) is 0 Å². The number of halogens is 1. The molecule has 0 aliphatic carbocycles. The fourth-order valence-corrected chi connectivity index (χ4v) is 1.78. The number of hydrogen-bond donors (Lipinski definition) is 1. The van der Waals surface area contributed by atoms with Crippen LogP contribution in [0, 0.1) is 6.92 Å². The number of anilines is 1. The monoisotopic (exact) mass is 253 g/mol. The third kappa shape index (κ3) is 2.16. The Morgan fingerprint density at radius 2 is 2.12 bits per heavy atom. The van der Waals surface area contributed by atoms with Crippen LogP contribution in [0.15, 0.2) is 12.3 Å². The van der Waals surface area contributed by atoms with Gasteiger partial charge in [0.25, 0.3) is 5.91 Å². The second-order valence-corrected chi connectivity index (χ2v) is 4.08. The van der Waals surface area contributed by atoms with Gasteiger partial charge in [-0.3, -0.25) is 14.2 Å². The largest absolute Gasteiger partial charge is 0.304 e. The average molecular weight is 254 g/mol. The van der Waals surface area contributed by atoms with Gasteiger partial charge in [0.05, 0.1) is 10.7 Å². The maximum Gasteiger partial charge on any atom is 0.276 e. The Labute approximate surface area is 103 Å². The molecule has 2 heterocycles. The van der Waals surface area contributed by atoms with Gasteiger partial charge in [-0.15, -0.1) is 0 Å². The van der Waals surface area contributed by atoms with Crippen LogP contribution in [0.4, 0.5) is 5.82 Å². The summed E-state index contributed by atoms with van der Waals surface area (Å²) in [4.78, 5) is 12.0. The molecule has 0 aliphatic heterocycles. The molecular formula is C10H12ClN5O. The number of carbonyl (C=O) groups is 1. The summed E-state index contributed by atoms with van der Waals surface area (Å²) in [5.41, 5.74) is 0.954. The molecular weight excluding hydrogens is 242 g/mol. The standard InChI is InChI=1S/C10H12ClN5O/c1-6-8(11)9(16(3)13-6)10(17)12-7-4-5-15(2)14-7/h4-5H,1-3H3,(H,12,14,17). The summed E-state index contributed by atoms with van der Waals surface area (Å²) in [6, 6.07) is 1.70. The van der Waals surface area contributed by atoms with Crippen LogP contribution in [0.25, 0.3) is 0 Å². The smallest absolute Gasteiger partial charge is 0.276 e. The van der Waals surface area contributed by atoms with Gasteiger partial charge in [0, 0.05) is 26.4 Å². The van der Waals surface area contributed by atoms with Crippen molar-refractivity contribution in [3.63, 3.8) is 0 Å². The van der Waals surface area contributed by atoms with E-state index in [2.05, 4.69) is 15.5 Å². The van der Waals surface area contributed by atoms with Crippen molar-refractivity contribution in [2.45, 2.75) is 6.92 Å². The van der Waals surface area contributed by atoms with E-state index in [1.807, 2.05) is 0 Å². The van der Waals surface area contributed by atoms with Crippen LogP contribution in [0.1, 0.15) is 16.2 Å². The Bertz CT molecular complexity index is 571. The molecule has 0 fully saturated rings. The lowest BCUT2D eigenvalue weighted by Crippen LogP contribution is -2.17. The van der Waals surface area contributed by atoms with E-state index < -0.39 is 0 Å². The van der Waals surface area contributed by atoms with Crippen molar-refractivity contribution in [3.05, 3.63) is 28.7 Å². The lowest BCUT2D eigenvalue weighted by molar-refractivity contribution is 0.101. The molecule has 0 saturated heterocycles. The normalized spacial score (nSPS) is 10.6. The topological polar surface area (TPSA) is 64.7 Å². The highest BCUT2D eigenvalue weighted by Gasteiger charge is 2.19. The number of aryl methyl sites for hydroxylation is 3. The summed E-state index contributed by atoms with van der Waals surface area (Å²) in [5, 5.41) is 11.2. The zero-order valence-electron chi connectivity index (χ0n) is 9.73. The van der Waals surface area contributed by atoms with Crippen molar-refractivity contribution in [2.75, 3.05) is 5.32 Å². The molecule has 0 radical (unpaired) electrons. The minimum atomic E-state index is -0.322. The molecule has 7 heteroatoms. The predicted octanol–water partition coefficient (Wildman–Crippen LogP) is 1.37. The quantitative estimate of drug-likeness (QED) is 0.879. The first-order chi connectivity index (χ1) is 7.99. The van der Waals surface area contributed by atoms with Crippen LogP contribution < -0.4 is 5.32 Å². The first-order valence-corrected chi connectivity index (χ1v) is 5.37. The Hall–Kier alpha value is -1.82. The molecule has 2 rings (SSSR count). The summed E-state index contributed by atoms with van der Waals surface area (Å²) in [5.74, 6) is 0.157. The highest BCUT2D eigenvalue weighted by Crippen LogP contribution is 2.20. The van der Waals surface area contributed by atoms with E-state index in [0.717, 1.165) is 0 Å². The van der Waals surface area contributed by atoms with E-state index in [9.17, 15) is 4.79 Å². The molecule has 0 saturated carbocycles. The number of nitrogens with one attached hydrogen (secondary N) is 1. The van der Waals surface area contributed by atoms with Gasteiger partial charge in [-0.05, 0) is 6.92 Å². The first-order valence-electron chi connectivity index (χ1n) is 4.99. The van der Waals surface area contributed by atoms with Gasteiger partial charge in [0.1, 0.15) is 5.69 Å². The minimum absolute atomic E-state index is 0.322.